The zero-order valence-electron chi connectivity index (χ0n) is 12.3. The number of carbonyl (C=O) groups is 2. The van der Waals surface area contributed by atoms with Crippen LogP contribution in [0.3, 0.4) is 0 Å². The van der Waals surface area contributed by atoms with Gasteiger partial charge < -0.3 is 10.4 Å². The van der Waals surface area contributed by atoms with E-state index in [-0.39, 0.29) is 6.42 Å². The van der Waals surface area contributed by atoms with E-state index in [2.05, 4.69) is 5.32 Å². The summed E-state index contributed by atoms with van der Waals surface area (Å²) in [7, 11) is 0. The van der Waals surface area contributed by atoms with Crippen LogP contribution >= 0.6 is 11.6 Å². The third-order valence-electron chi connectivity index (χ3n) is 3.19. The molecule has 23 heavy (non-hydrogen) atoms. The Hall–Kier alpha value is -2.59. The van der Waals surface area contributed by atoms with E-state index in [1.807, 2.05) is 30.3 Å². The Bertz CT molecular complexity index is 696. The van der Waals surface area contributed by atoms with Gasteiger partial charge in [-0.3, -0.25) is 4.79 Å². The van der Waals surface area contributed by atoms with E-state index < -0.39 is 17.9 Å². The van der Waals surface area contributed by atoms with Crippen LogP contribution in [0.25, 0.3) is 6.08 Å². The molecule has 2 N–H and O–H groups in total. The van der Waals surface area contributed by atoms with Gasteiger partial charge >= 0.3 is 5.97 Å². The Labute approximate surface area is 139 Å². The molecule has 1 amide bonds. The second-order valence-electron chi connectivity index (χ2n) is 4.97. The average molecular weight is 330 g/mol. The van der Waals surface area contributed by atoms with Crippen LogP contribution in [0.5, 0.6) is 0 Å². The van der Waals surface area contributed by atoms with Crippen LogP contribution in [0.4, 0.5) is 0 Å². The number of rotatable bonds is 6. The quantitative estimate of drug-likeness (QED) is 0.800. The molecular weight excluding hydrogens is 314 g/mol. The fourth-order valence-corrected chi connectivity index (χ4v) is 2.14. The number of halogens is 1. The molecular formula is C18H16ClNO3. The van der Waals surface area contributed by atoms with Gasteiger partial charge in [-0.2, -0.15) is 0 Å². The molecule has 1 atom stereocenters. The third-order valence-corrected chi connectivity index (χ3v) is 3.45. The van der Waals surface area contributed by atoms with Crippen molar-refractivity contribution in [1.29, 1.82) is 0 Å². The summed E-state index contributed by atoms with van der Waals surface area (Å²) >= 11 is 5.79. The monoisotopic (exact) mass is 329 g/mol. The van der Waals surface area contributed by atoms with Gasteiger partial charge in [0.15, 0.2) is 0 Å². The molecule has 2 rings (SSSR count). The van der Waals surface area contributed by atoms with E-state index in [9.17, 15) is 14.7 Å². The predicted octanol–water partition coefficient (Wildman–Crippen LogP) is 3.17. The lowest BCUT2D eigenvalue weighted by molar-refractivity contribution is -0.141. The van der Waals surface area contributed by atoms with Crippen molar-refractivity contribution in [3.63, 3.8) is 0 Å². The maximum absolute atomic E-state index is 11.9. The summed E-state index contributed by atoms with van der Waals surface area (Å²) in [5, 5.41) is 12.4. The number of nitrogens with one attached hydrogen (secondary N) is 1. The second kappa shape index (κ2) is 8.15. The van der Waals surface area contributed by atoms with Gasteiger partial charge in [0.25, 0.3) is 0 Å². The molecule has 0 aliphatic carbocycles. The molecule has 0 aromatic heterocycles. The first-order chi connectivity index (χ1) is 11.0. The number of benzene rings is 2. The van der Waals surface area contributed by atoms with Crippen LogP contribution < -0.4 is 5.32 Å². The van der Waals surface area contributed by atoms with Crippen molar-refractivity contribution in [3.05, 3.63) is 76.8 Å². The molecule has 0 saturated carbocycles. The first-order valence-electron chi connectivity index (χ1n) is 7.05. The lowest BCUT2D eigenvalue weighted by Gasteiger charge is -2.13. The number of carboxylic acids is 1. The maximum Gasteiger partial charge on any atom is 0.326 e. The van der Waals surface area contributed by atoms with Gasteiger partial charge in [0, 0.05) is 17.5 Å². The SMILES string of the molecule is O=C(/C=C\c1ccc(Cl)cc1)N[C@H](Cc1ccccc1)C(=O)O. The standard InChI is InChI=1S/C18H16ClNO3/c19-15-9-6-13(7-10-15)8-11-17(21)20-16(18(22)23)12-14-4-2-1-3-5-14/h1-11,16H,12H2,(H,20,21)(H,22,23)/b11-8-/t16-/m1/s1. The Balaban J connectivity index is 1.98. The first kappa shape index (κ1) is 16.8. The number of amides is 1. The summed E-state index contributed by atoms with van der Waals surface area (Å²) in [6.45, 7) is 0. The molecule has 0 aliphatic rings. The van der Waals surface area contributed by atoms with Gasteiger partial charge in [-0.1, -0.05) is 54.1 Å². The average Bonchev–Trinajstić information content (AvgIpc) is 2.54. The summed E-state index contributed by atoms with van der Waals surface area (Å²) in [6.07, 6.45) is 3.15. The van der Waals surface area contributed by atoms with E-state index in [4.69, 9.17) is 11.6 Å². The van der Waals surface area contributed by atoms with Crippen LogP contribution in [-0.4, -0.2) is 23.0 Å². The molecule has 0 spiro atoms. The van der Waals surface area contributed by atoms with Crippen LogP contribution in [0, 0.1) is 0 Å². The van der Waals surface area contributed by atoms with Crippen LogP contribution in [0.15, 0.2) is 60.7 Å². The summed E-state index contributed by atoms with van der Waals surface area (Å²) < 4.78 is 0. The van der Waals surface area contributed by atoms with Crippen molar-refractivity contribution in [3.8, 4) is 0 Å². The number of carboxylic acid groups (broad SMARTS) is 1. The minimum Gasteiger partial charge on any atom is -0.480 e. The summed E-state index contributed by atoms with van der Waals surface area (Å²) in [4.78, 5) is 23.2. The zero-order valence-corrected chi connectivity index (χ0v) is 13.0. The fraction of sp³-hybridized carbons (Fsp3) is 0.111. The minimum absolute atomic E-state index is 0.233. The molecule has 4 nitrogen and oxygen atoms in total. The number of hydrogen-bond donors (Lipinski definition) is 2. The smallest absolute Gasteiger partial charge is 0.326 e. The van der Waals surface area contributed by atoms with Gasteiger partial charge in [-0.25, -0.2) is 4.79 Å². The van der Waals surface area contributed by atoms with Crippen molar-refractivity contribution in [1.82, 2.24) is 5.32 Å². The van der Waals surface area contributed by atoms with Crippen molar-refractivity contribution < 1.29 is 14.7 Å². The lowest BCUT2D eigenvalue weighted by Crippen LogP contribution is -2.41. The topological polar surface area (TPSA) is 66.4 Å². The van der Waals surface area contributed by atoms with Crippen molar-refractivity contribution in [2.45, 2.75) is 12.5 Å². The van der Waals surface area contributed by atoms with Crippen molar-refractivity contribution in [2.75, 3.05) is 0 Å². The largest absolute Gasteiger partial charge is 0.480 e. The van der Waals surface area contributed by atoms with E-state index in [1.54, 1.807) is 30.3 Å². The minimum atomic E-state index is -1.07. The van der Waals surface area contributed by atoms with Gasteiger partial charge in [0.2, 0.25) is 5.91 Å². The van der Waals surface area contributed by atoms with Crippen LogP contribution in [0.2, 0.25) is 5.02 Å². The number of hydrogen-bond acceptors (Lipinski definition) is 2. The second-order valence-corrected chi connectivity index (χ2v) is 5.41. The van der Waals surface area contributed by atoms with Gasteiger partial charge in [-0.15, -0.1) is 0 Å². The highest BCUT2D eigenvalue weighted by atomic mass is 35.5. The molecule has 0 unspecified atom stereocenters. The predicted molar refractivity (Wildman–Crippen MR) is 90.2 cm³/mol. The van der Waals surface area contributed by atoms with Gasteiger partial charge in [-0.05, 0) is 29.3 Å². The zero-order chi connectivity index (χ0) is 16.7. The molecule has 2 aromatic rings. The Morgan fingerprint density at radius 1 is 1.09 bits per heavy atom. The van der Waals surface area contributed by atoms with Crippen LogP contribution in [0.1, 0.15) is 11.1 Å². The van der Waals surface area contributed by atoms with E-state index in [1.165, 1.54) is 6.08 Å². The maximum atomic E-state index is 11.9. The Morgan fingerprint density at radius 2 is 1.74 bits per heavy atom. The van der Waals surface area contributed by atoms with E-state index in [0.29, 0.717) is 5.02 Å². The molecule has 2 aromatic carbocycles. The lowest BCUT2D eigenvalue weighted by atomic mass is 10.1. The van der Waals surface area contributed by atoms with E-state index in [0.717, 1.165) is 11.1 Å². The molecule has 118 valence electrons. The van der Waals surface area contributed by atoms with Crippen molar-refractivity contribution in [2.24, 2.45) is 0 Å². The van der Waals surface area contributed by atoms with Gasteiger partial charge in [0.1, 0.15) is 6.04 Å². The molecule has 0 fully saturated rings. The molecule has 0 radical (unpaired) electrons. The molecule has 0 aliphatic heterocycles. The normalized spacial score (nSPS) is 12.0. The van der Waals surface area contributed by atoms with E-state index >= 15 is 0 Å². The number of carbonyl (C=O) groups excluding carboxylic acids is 1. The summed E-state index contributed by atoms with van der Waals surface area (Å²) in [6, 6.07) is 15.2. The summed E-state index contributed by atoms with van der Waals surface area (Å²) in [5.74, 6) is -1.52. The highest BCUT2D eigenvalue weighted by Gasteiger charge is 2.19. The molecule has 0 bridgehead atoms. The first-order valence-corrected chi connectivity index (χ1v) is 7.43. The Kier molecular flexibility index (Phi) is 5.94. The third kappa shape index (κ3) is 5.60. The Morgan fingerprint density at radius 3 is 2.35 bits per heavy atom. The van der Waals surface area contributed by atoms with Crippen molar-refractivity contribution >= 4 is 29.6 Å². The summed E-state index contributed by atoms with van der Waals surface area (Å²) in [5.41, 5.74) is 1.65. The highest BCUT2D eigenvalue weighted by Crippen LogP contribution is 2.10. The number of aliphatic carboxylic acids is 1. The molecule has 0 saturated heterocycles. The molecule has 5 heteroatoms. The highest BCUT2D eigenvalue weighted by molar-refractivity contribution is 6.30. The fourth-order valence-electron chi connectivity index (χ4n) is 2.02. The van der Waals surface area contributed by atoms with Gasteiger partial charge in [0.05, 0.1) is 0 Å². The molecule has 0 heterocycles. The van der Waals surface area contributed by atoms with Crippen LogP contribution in [-0.2, 0) is 16.0 Å².